The predicted molar refractivity (Wildman–Crippen MR) is 86.8 cm³/mol. The Hall–Kier alpha value is -2.63. The normalized spacial score (nSPS) is 20.5. The van der Waals surface area contributed by atoms with Gasteiger partial charge in [0.25, 0.3) is 5.91 Å². The van der Waals surface area contributed by atoms with Crippen molar-refractivity contribution < 1.29 is 19.2 Å². The van der Waals surface area contributed by atoms with Gasteiger partial charge < -0.3 is 14.5 Å². The fourth-order valence-corrected chi connectivity index (χ4v) is 3.08. The number of carbonyl (C=O) groups excluding carboxylic acids is 1. The van der Waals surface area contributed by atoms with Crippen LogP contribution in [-0.4, -0.2) is 40.1 Å². The average Bonchev–Trinajstić information content (AvgIpc) is 3.22. The zero-order chi connectivity index (χ0) is 17.3. The molecule has 6 heteroatoms. The second-order valence-electron chi connectivity index (χ2n) is 6.44. The lowest BCUT2D eigenvalue weighted by atomic mass is 9.89. The molecule has 0 aliphatic carbocycles. The van der Waals surface area contributed by atoms with Gasteiger partial charge in [-0.3, -0.25) is 9.59 Å². The number of benzene rings is 1. The van der Waals surface area contributed by atoms with Crippen LogP contribution < -0.4 is 0 Å². The molecule has 0 radical (unpaired) electrons. The molecule has 1 N–H and O–H groups in total. The van der Waals surface area contributed by atoms with E-state index in [4.69, 9.17) is 4.52 Å². The molecule has 0 saturated carbocycles. The van der Waals surface area contributed by atoms with Crippen LogP contribution in [0.3, 0.4) is 0 Å². The largest absolute Gasteiger partial charge is 0.481 e. The van der Waals surface area contributed by atoms with Gasteiger partial charge in [-0.2, -0.15) is 0 Å². The third kappa shape index (κ3) is 3.04. The first-order chi connectivity index (χ1) is 11.5. The van der Waals surface area contributed by atoms with E-state index in [1.54, 1.807) is 11.0 Å². The number of aliphatic carboxylic acids is 1. The zero-order valence-electron chi connectivity index (χ0n) is 13.7. The second-order valence-corrected chi connectivity index (χ2v) is 6.44. The van der Waals surface area contributed by atoms with Crippen molar-refractivity contribution in [2.45, 2.75) is 25.7 Å². The summed E-state index contributed by atoms with van der Waals surface area (Å²) < 4.78 is 5.18. The van der Waals surface area contributed by atoms with Crippen molar-refractivity contribution in [3.05, 3.63) is 53.4 Å². The van der Waals surface area contributed by atoms with Gasteiger partial charge in [-0.15, -0.1) is 0 Å². The number of hydrogen-bond acceptors (Lipinski definition) is 4. The first-order valence-corrected chi connectivity index (χ1v) is 8.01. The summed E-state index contributed by atoms with van der Waals surface area (Å²) in [6.45, 7) is 4.45. The van der Waals surface area contributed by atoms with E-state index in [0.29, 0.717) is 12.3 Å². The molecule has 1 saturated heterocycles. The molecule has 1 aliphatic heterocycles. The Morgan fingerprint density at radius 2 is 1.96 bits per heavy atom. The number of aromatic nitrogens is 1. The topological polar surface area (TPSA) is 83.6 Å². The third-order valence-corrected chi connectivity index (χ3v) is 4.47. The number of carbonyl (C=O) groups is 2. The molecule has 2 heterocycles. The van der Waals surface area contributed by atoms with Gasteiger partial charge in [0.1, 0.15) is 5.76 Å². The van der Waals surface area contributed by atoms with Crippen LogP contribution in [0.2, 0.25) is 0 Å². The molecule has 0 spiro atoms. The van der Waals surface area contributed by atoms with Gasteiger partial charge in [0, 0.05) is 31.0 Å². The van der Waals surface area contributed by atoms with Gasteiger partial charge in [0.2, 0.25) is 0 Å². The predicted octanol–water partition coefficient (Wildman–Crippen LogP) is 2.74. The Morgan fingerprint density at radius 3 is 2.54 bits per heavy atom. The van der Waals surface area contributed by atoms with Crippen LogP contribution in [0.15, 0.2) is 40.9 Å². The highest BCUT2D eigenvalue weighted by Crippen LogP contribution is 2.33. The fraction of sp³-hybridized carbons (Fsp3) is 0.389. The van der Waals surface area contributed by atoms with E-state index in [-0.39, 0.29) is 30.0 Å². The van der Waals surface area contributed by atoms with Gasteiger partial charge >= 0.3 is 5.97 Å². The Balaban J connectivity index is 1.82. The average molecular weight is 328 g/mol. The van der Waals surface area contributed by atoms with Gasteiger partial charge in [-0.05, 0) is 5.56 Å². The maximum atomic E-state index is 12.6. The van der Waals surface area contributed by atoms with Crippen LogP contribution in [0.1, 0.15) is 47.5 Å². The quantitative estimate of drug-likeness (QED) is 0.933. The summed E-state index contributed by atoms with van der Waals surface area (Å²) in [6.07, 6.45) is 0. The van der Waals surface area contributed by atoms with E-state index in [2.05, 4.69) is 5.16 Å². The summed E-state index contributed by atoms with van der Waals surface area (Å²) in [7, 11) is 0. The summed E-state index contributed by atoms with van der Waals surface area (Å²) in [4.78, 5) is 25.8. The fourth-order valence-electron chi connectivity index (χ4n) is 3.08. The highest BCUT2D eigenvalue weighted by atomic mass is 16.5. The SMILES string of the molecule is CC(C)c1cc(C(=O)N2C[C@H](C(=O)O)[C@H](c3ccccc3)C2)no1. The van der Waals surface area contributed by atoms with Crippen LogP contribution in [0.4, 0.5) is 0 Å². The summed E-state index contributed by atoms with van der Waals surface area (Å²) >= 11 is 0. The van der Waals surface area contributed by atoms with Crippen molar-refractivity contribution in [1.29, 1.82) is 0 Å². The van der Waals surface area contributed by atoms with E-state index in [1.807, 2.05) is 44.2 Å². The van der Waals surface area contributed by atoms with Crippen LogP contribution in [-0.2, 0) is 4.79 Å². The first kappa shape index (κ1) is 16.2. The van der Waals surface area contributed by atoms with E-state index < -0.39 is 11.9 Å². The number of amides is 1. The molecule has 24 heavy (non-hydrogen) atoms. The minimum absolute atomic E-state index is 0.140. The molecule has 2 aromatic rings. The maximum absolute atomic E-state index is 12.6. The van der Waals surface area contributed by atoms with Crippen LogP contribution in [0.5, 0.6) is 0 Å². The minimum Gasteiger partial charge on any atom is -0.481 e. The van der Waals surface area contributed by atoms with Crippen LogP contribution in [0.25, 0.3) is 0 Å². The molecule has 2 atom stereocenters. The van der Waals surface area contributed by atoms with Crippen molar-refractivity contribution in [1.82, 2.24) is 10.1 Å². The van der Waals surface area contributed by atoms with Crippen molar-refractivity contribution in [2.24, 2.45) is 5.92 Å². The number of nitrogens with zero attached hydrogens (tertiary/aromatic N) is 2. The molecule has 126 valence electrons. The summed E-state index contributed by atoms with van der Waals surface area (Å²) in [5, 5.41) is 13.4. The molecule has 1 fully saturated rings. The number of likely N-dealkylation sites (tertiary alicyclic amines) is 1. The number of carboxylic acid groups (broad SMARTS) is 1. The van der Waals surface area contributed by atoms with Crippen LogP contribution in [0, 0.1) is 5.92 Å². The van der Waals surface area contributed by atoms with Gasteiger partial charge in [-0.25, -0.2) is 0 Å². The lowest BCUT2D eigenvalue weighted by Crippen LogP contribution is -2.30. The van der Waals surface area contributed by atoms with Gasteiger partial charge in [0.15, 0.2) is 5.69 Å². The summed E-state index contributed by atoms with van der Waals surface area (Å²) in [5.41, 5.74) is 1.17. The molecule has 1 aromatic carbocycles. The summed E-state index contributed by atoms with van der Waals surface area (Å²) in [5.74, 6) is -1.22. The third-order valence-electron chi connectivity index (χ3n) is 4.47. The number of rotatable bonds is 4. The van der Waals surface area contributed by atoms with Crippen molar-refractivity contribution in [2.75, 3.05) is 13.1 Å². The van der Waals surface area contributed by atoms with E-state index in [1.165, 1.54) is 0 Å². The molecule has 1 aromatic heterocycles. The second kappa shape index (κ2) is 6.47. The number of carboxylic acids is 1. The van der Waals surface area contributed by atoms with Crippen molar-refractivity contribution in [3.8, 4) is 0 Å². The van der Waals surface area contributed by atoms with E-state index >= 15 is 0 Å². The first-order valence-electron chi connectivity index (χ1n) is 8.01. The monoisotopic (exact) mass is 328 g/mol. The van der Waals surface area contributed by atoms with E-state index in [0.717, 1.165) is 5.56 Å². The lowest BCUT2D eigenvalue weighted by molar-refractivity contribution is -0.141. The highest BCUT2D eigenvalue weighted by Gasteiger charge is 2.41. The van der Waals surface area contributed by atoms with E-state index in [9.17, 15) is 14.7 Å². The van der Waals surface area contributed by atoms with Crippen molar-refractivity contribution >= 4 is 11.9 Å². The molecule has 3 rings (SSSR count). The molecule has 0 unspecified atom stereocenters. The zero-order valence-corrected chi connectivity index (χ0v) is 13.7. The van der Waals surface area contributed by atoms with Gasteiger partial charge in [0.05, 0.1) is 5.92 Å². The highest BCUT2D eigenvalue weighted by molar-refractivity contribution is 5.93. The Kier molecular flexibility index (Phi) is 4.38. The van der Waals surface area contributed by atoms with Crippen LogP contribution >= 0.6 is 0 Å². The Labute approximate surface area is 140 Å². The maximum Gasteiger partial charge on any atom is 0.308 e. The van der Waals surface area contributed by atoms with Gasteiger partial charge in [-0.1, -0.05) is 49.3 Å². The molecule has 0 bridgehead atoms. The molecule has 1 aliphatic rings. The Bertz CT molecular complexity index is 738. The Morgan fingerprint density at radius 1 is 1.25 bits per heavy atom. The smallest absolute Gasteiger partial charge is 0.308 e. The molecular formula is C18H20N2O4. The standard InChI is InChI=1S/C18H20N2O4/c1-11(2)16-8-15(19-24-16)17(21)20-9-13(14(10-20)18(22)23)12-6-4-3-5-7-12/h3-8,11,13-14H,9-10H2,1-2H3,(H,22,23)/t13-,14-/m0/s1. The van der Waals surface area contributed by atoms with Crippen molar-refractivity contribution in [3.63, 3.8) is 0 Å². The number of hydrogen-bond donors (Lipinski definition) is 1. The molecule has 1 amide bonds. The lowest BCUT2D eigenvalue weighted by Gasteiger charge is -2.15. The molecule has 6 nitrogen and oxygen atoms in total. The minimum atomic E-state index is -0.887. The summed E-state index contributed by atoms with van der Waals surface area (Å²) in [6, 6.07) is 11.1. The molecular weight excluding hydrogens is 308 g/mol.